The van der Waals surface area contributed by atoms with E-state index in [1.807, 2.05) is 23.1 Å². The summed E-state index contributed by atoms with van der Waals surface area (Å²) in [5.41, 5.74) is 1.18. The van der Waals surface area contributed by atoms with Crippen LogP contribution >= 0.6 is 0 Å². The average Bonchev–Trinajstić information content (AvgIpc) is 2.98. The zero-order chi connectivity index (χ0) is 13.7. The van der Waals surface area contributed by atoms with E-state index in [0.717, 1.165) is 25.9 Å². The van der Waals surface area contributed by atoms with Crippen LogP contribution in [0.5, 0.6) is 0 Å². The Morgan fingerprint density at radius 3 is 2.74 bits per heavy atom. The lowest BCUT2D eigenvalue weighted by Gasteiger charge is -2.30. The van der Waals surface area contributed by atoms with Crippen molar-refractivity contribution in [2.24, 2.45) is 0 Å². The van der Waals surface area contributed by atoms with Gasteiger partial charge in [0.1, 0.15) is 6.10 Å². The quantitative estimate of drug-likeness (QED) is 0.815. The maximum atomic E-state index is 12.6. The molecule has 19 heavy (non-hydrogen) atoms. The van der Waals surface area contributed by atoms with Crippen LogP contribution in [-0.2, 0) is 16.1 Å². The fraction of sp³-hybridized carbons (Fsp3) is 0.562. The molecule has 1 saturated heterocycles. The second kappa shape index (κ2) is 6.71. The van der Waals surface area contributed by atoms with E-state index in [4.69, 9.17) is 4.74 Å². The second-order valence-corrected chi connectivity index (χ2v) is 5.21. The van der Waals surface area contributed by atoms with Crippen LogP contribution in [0, 0.1) is 0 Å². The molecule has 0 spiro atoms. The lowest BCUT2D eigenvalue weighted by atomic mass is 10.1. The van der Waals surface area contributed by atoms with Crippen molar-refractivity contribution in [2.75, 3.05) is 6.61 Å². The molecule has 0 aliphatic carbocycles. The third kappa shape index (κ3) is 3.57. The molecule has 1 aliphatic rings. The van der Waals surface area contributed by atoms with Gasteiger partial charge in [-0.1, -0.05) is 37.3 Å². The number of ether oxygens (including phenoxy) is 1. The van der Waals surface area contributed by atoms with Crippen LogP contribution in [0.3, 0.4) is 0 Å². The molecule has 2 rings (SSSR count). The molecule has 3 nitrogen and oxygen atoms in total. The van der Waals surface area contributed by atoms with Crippen molar-refractivity contribution in [3.63, 3.8) is 0 Å². The lowest BCUT2D eigenvalue weighted by molar-refractivity contribution is -0.143. The molecule has 1 aromatic carbocycles. The molecule has 0 saturated carbocycles. The average molecular weight is 261 g/mol. The second-order valence-electron chi connectivity index (χ2n) is 5.21. The molecule has 1 heterocycles. The Hall–Kier alpha value is -1.35. The number of carbonyl (C=O) groups is 1. The van der Waals surface area contributed by atoms with Crippen LogP contribution < -0.4 is 0 Å². The van der Waals surface area contributed by atoms with Crippen molar-refractivity contribution >= 4 is 5.91 Å². The van der Waals surface area contributed by atoms with Crippen LogP contribution in [0.2, 0.25) is 0 Å². The summed E-state index contributed by atoms with van der Waals surface area (Å²) in [6.07, 6.45) is 2.60. The topological polar surface area (TPSA) is 29.5 Å². The minimum Gasteiger partial charge on any atom is -0.368 e. The molecule has 2 unspecified atom stereocenters. The van der Waals surface area contributed by atoms with E-state index >= 15 is 0 Å². The predicted molar refractivity (Wildman–Crippen MR) is 75.7 cm³/mol. The van der Waals surface area contributed by atoms with Crippen molar-refractivity contribution in [3.05, 3.63) is 35.9 Å². The van der Waals surface area contributed by atoms with Gasteiger partial charge in [-0.15, -0.1) is 0 Å². The van der Waals surface area contributed by atoms with Gasteiger partial charge < -0.3 is 9.64 Å². The highest BCUT2D eigenvalue weighted by Crippen LogP contribution is 2.19. The van der Waals surface area contributed by atoms with Gasteiger partial charge >= 0.3 is 0 Å². The standard InChI is InChI=1S/C16H23NO2/c1-3-13(2)17(12-14-8-5-4-6-9-14)16(18)15-10-7-11-19-15/h4-6,8-9,13,15H,3,7,10-12H2,1-2H3. The first kappa shape index (κ1) is 14.1. The maximum absolute atomic E-state index is 12.6. The van der Waals surface area contributed by atoms with Crippen molar-refractivity contribution in [1.82, 2.24) is 4.90 Å². The van der Waals surface area contributed by atoms with Gasteiger partial charge in [0.2, 0.25) is 0 Å². The Kier molecular flexibility index (Phi) is 4.97. The number of carbonyl (C=O) groups excluding carboxylic acids is 1. The summed E-state index contributed by atoms with van der Waals surface area (Å²) in [6, 6.07) is 10.4. The molecule has 1 aromatic rings. The summed E-state index contributed by atoms with van der Waals surface area (Å²) in [5, 5.41) is 0. The Labute approximate surface area is 115 Å². The number of rotatable bonds is 5. The first-order valence-corrected chi connectivity index (χ1v) is 7.18. The minimum absolute atomic E-state index is 0.149. The lowest BCUT2D eigenvalue weighted by Crippen LogP contribution is -2.43. The van der Waals surface area contributed by atoms with Gasteiger partial charge in [-0.2, -0.15) is 0 Å². The SMILES string of the molecule is CCC(C)N(Cc1ccccc1)C(=O)C1CCCO1. The summed E-state index contributed by atoms with van der Waals surface area (Å²) < 4.78 is 5.54. The molecule has 0 radical (unpaired) electrons. The smallest absolute Gasteiger partial charge is 0.252 e. The van der Waals surface area contributed by atoms with E-state index in [1.165, 1.54) is 5.56 Å². The fourth-order valence-electron chi connectivity index (χ4n) is 2.41. The van der Waals surface area contributed by atoms with Crippen LogP contribution in [0.15, 0.2) is 30.3 Å². The van der Waals surface area contributed by atoms with Crippen LogP contribution in [0.4, 0.5) is 0 Å². The van der Waals surface area contributed by atoms with Gasteiger partial charge in [0, 0.05) is 19.2 Å². The van der Waals surface area contributed by atoms with Crippen molar-refractivity contribution in [1.29, 1.82) is 0 Å². The summed E-state index contributed by atoms with van der Waals surface area (Å²) in [6.45, 7) is 5.62. The molecule has 104 valence electrons. The van der Waals surface area contributed by atoms with Gasteiger partial charge in [-0.05, 0) is 31.7 Å². The van der Waals surface area contributed by atoms with Crippen LogP contribution in [0.1, 0.15) is 38.7 Å². The number of nitrogens with zero attached hydrogens (tertiary/aromatic N) is 1. The Morgan fingerprint density at radius 2 is 2.16 bits per heavy atom. The molecule has 1 amide bonds. The molecule has 1 aliphatic heterocycles. The van der Waals surface area contributed by atoms with Crippen molar-refractivity contribution < 1.29 is 9.53 Å². The molecule has 0 bridgehead atoms. The molecular formula is C16H23NO2. The molecule has 1 fully saturated rings. The monoisotopic (exact) mass is 261 g/mol. The molecule has 3 heteroatoms. The summed E-state index contributed by atoms with van der Waals surface area (Å²) >= 11 is 0. The van der Waals surface area contributed by atoms with E-state index in [2.05, 4.69) is 26.0 Å². The largest absolute Gasteiger partial charge is 0.368 e. The van der Waals surface area contributed by atoms with Gasteiger partial charge in [0.05, 0.1) is 0 Å². The van der Waals surface area contributed by atoms with Gasteiger partial charge in [-0.25, -0.2) is 0 Å². The van der Waals surface area contributed by atoms with Gasteiger partial charge in [-0.3, -0.25) is 4.79 Å². The highest BCUT2D eigenvalue weighted by Gasteiger charge is 2.30. The Bertz CT molecular complexity index is 398. The molecule has 0 N–H and O–H groups in total. The summed E-state index contributed by atoms with van der Waals surface area (Å²) in [7, 11) is 0. The number of hydrogen-bond donors (Lipinski definition) is 0. The molecule has 2 atom stereocenters. The molecule has 0 aromatic heterocycles. The van der Waals surface area contributed by atoms with Crippen molar-refractivity contribution in [2.45, 2.75) is 51.8 Å². The third-order valence-electron chi connectivity index (χ3n) is 3.81. The zero-order valence-electron chi connectivity index (χ0n) is 11.8. The number of amides is 1. The first-order valence-electron chi connectivity index (χ1n) is 7.18. The summed E-state index contributed by atoms with van der Waals surface area (Å²) in [4.78, 5) is 14.5. The zero-order valence-corrected chi connectivity index (χ0v) is 11.8. The first-order chi connectivity index (χ1) is 9.22. The van der Waals surface area contributed by atoms with E-state index < -0.39 is 0 Å². The third-order valence-corrected chi connectivity index (χ3v) is 3.81. The predicted octanol–water partition coefficient (Wildman–Crippen LogP) is 2.99. The van der Waals surface area contributed by atoms with E-state index in [9.17, 15) is 4.79 Å². The van der Waals surface area contributed by atoms with E-state index in [0.29, 0.717) is 6.54 Å². The normalized spacial score (nSPS) is 20.2. The molecular weight excluding hydrogens is 238 g/mol. The minimum atomic E-state index is -0.224. The number of benzene rings is 1. The van der Waals surface area contributed by atoms with E-state index in [-0.39, 0.29) is 18.1 Å². The van der Waals surface area contributed by atoms with Crippen molar-refractivity contribution in [3.8, 4) is 0 Å². The summed E-state index contributed by atoms with van der Waals surface area (Å²) in [5.74, 6) is 0.149. The highest BCUT2D eigenvalue weighted by atomic mass is 16.5. The van der Waals surface area contributed by atoms with Crippen LogP contribution in [-0.4, -0.2) is 29.6 Å². The van der Waals surface area contributed by atoms with Gasteiger partial charge in [0.25, 0.3) is 5.91 Å². The fourth-order valence-corrected chi connectivity index (χ4v) is 2.41. The maximum Gasteiger partial charge on any atom is 0.252 e. The highest BCUT2D eigenvalue weighted by molar-refractivity contribution is 5.81. The van der Waals surface area contributed by atoms with Gasteiger partial charge in [0.15, 0.2) is 0 Å². The Morgan fingerprint density at radius 1 is 1.42 bits per heavy atom. The van der Waals surface area contributed by atoms with E-state index in [1.54, 1.807) is 0 Å². The van der Waals surface area contributed by atoms with Crippen LogP contribution in [0.25, 0.3) is 0 Å². The Balaban J connectivity index is 2.09. The number of hydrogen-bond acceptors (Lipinski definition) is 2.